The zero-order valence-electron chi connectivity index (χ0n) is 17.8. The van der Waals surface area contributed by atoms with Crippen molar-refractivity contribution in [3.63, 3.8) is 0 Å². The minimum absolute atomic E-state index is 0.0556. The molecule has 9 heteroatoms. The third kappa shape index (κ3) is 4.07. The zero-order chi connectivity index (χ0) is 22.1. The molecule has 1 aromatic heterocycles. The van der Waals surface area contributed by atoms with Gasteiger partial charge in [0.25, 0.3) is 5.91 Å². The molecule has 160 valence electrons. The lowest BCUT2D eigenvalue weighted by molar-refractivity contribution is -0.114. The Balaban J connectivity index is 1.67. The predicted octanol–water partition coefficient (Wildman–Crippen LogP) is 4.82. The Morgan fingerprint density at radius 1 is 1.23 bits per heavy atom. The van der Waals surface area contributed by atoms with Gasteiger partial charge in [-0.25, -0.2) is 0 Å². The molecule has 0 spiro atoms. The molecule has 1 amide bonds. The molecule has 0 unspecified atom stereocenters. The molecule has 2 aliphatic rings. The van der Waals surface area contributed by atoms with Crippen molar-refractivity contribution in [3.05, 3.63) is 52.9 Å². The number of aliphatic imine (C=N–C) groups is 1. The normalized spacial score (nSPS) is 17.2. The summed E-state index contributed by atoms with van der Waals surface area (Å²) in [5, 5.41) is 14.9. The number of aromatic nitrogens is 1. The molecule has 0 atom stereocenters. The van der Waals surface area contributed by atoms with Gasteiger partial charge in [-0.1, -0.05) is 18.7 Å². The minimum Gasteiger partial charge on any atom is -0.494 e. The number of hydrogen-bond donors (Lipinski definition) is 1. The Labute approximate surface area is 189 Å². The molecule has 0 fully saturated rings. The molecule has 0 radical (unpaired) electrons. The highest BCUT2D eigenvalue weighted by molar-refractivity contribution is 8.45. The van der Waals surface area contributed by atoms with Crippen LogP contribution in [-0.4, -0.2) is 43.2 Å². The van der Waals surface area contributed by atoms with Gasteiger partial charge in [0.05, 0.1) is 12.2 Å². The molecule has 1 N–H and O–H groups in total. The number of benzene rings is 1. The molecule has 0 aliphatic carbocycles. The Morgan fingerprint density at radius 2 is 1.97 bits per heavy atom. The lowest BCUT2D eigenvalue weighted by atomic mass is 10.1. The van der Waals surface area contributed by atoms with Crippen LogP contribution in [0.3, 0.4) is 0 Å². The quantitative estimate of drug-likeness (QED) is 0.656. The third-order valence-corrected chi connectivity index (χ3v) is 6.80. The number of hydrogen-bond acceptors (Lipinski definition) is 6. The number of fused-ring (bicyclic) bond motifs is 1. The third-order valence-electron chi connectivity index (χ3n) is 4.88. The maximum atomic E-state index is 12.7. The van der Waals surface area contributed by atoms with E-state index < -0.39 is 5.91 Å². The fourth-order valence-corrected chi connectivity index (χ4v) is 5.33. The molecule has 2 aliphatic heterocycles. The number of amidine groups is 2. The Kier molecular flexibility index (Phi) is 6.06. The second-order valence-electron chi connectivity index (χ2n) is 6.91. The SMILES string of the molecule is CCOc1ccc(-n2c(C)cc(/C=C3/C(=N)N4N=C(SCC)SC4=NC3=O)c2C)cc1. The Morgan fingerprint density at radius 3 is 2.65 bits per heavy atom. The van der Waals surface area contributed by atoms with Crippen molar-refractivity contribution in [1.82, 2.24) is 9.58 Å². The van der Waals surface area contributed by atoms with E-state index in [1.807, 2.05) is 58.0 Å². The Hall–Kier alpha value is -2.78. The summed E-state index contributed by atoms with van der Waals surface area (Å²) in [5.74, 6) is 1.34. The first-order valence-electron chi connectivity index (χ1n) is 9.98. The van der Waals surface area contributed by atoms with Gasteiger partial charge in [-0.2, -0.15) is 10.0 Å². The van der Waals surface area contributed by atoms with Crippen LogP contribution in [-0.2, 0) is 4.79 Å². The Bertz CT molecular complexity index is 1150. The van der Waals surface area contributed by atoms with E-state index in [2.05, 4.69) is 14.7 Å². The fraction of sp³-hybridized carbons (Fsp3) is 0.273. The average molecular weight is 454 g/mol. The summed E-state index contributed by atoms with van der Waals surface area (Å²) in [4.78, 5) is 16.8. The summed E-state index contributed by atoms with van der Waals surface area (Å²) in [5.41, 5.74) is 4.13. The van der Waals surface area contributed by atoms with Crippen LogP contribution in [0.5, 0.6) is 5.75 Å². The molecule has 1 aromatic carbocycles. The molecule has 31 heavy (non-hydrogen) atoms. The number of rotatable bonds is 5. The van der Waals surface area contributed by atoms with Crippen molar-refractivity contribution in [2.45, 2.75) is 27.7 Å². The molecule has 3 heterocycles. The smallest absolute Gasteiger partial charge is 0.283 e. The molecular formula is C22H23N5O2S2. The topological polar surface area (TPSA) is 83.0 Å². The molecule has 0 saturated heterocycles. The number of carbonyl (C=O) groups is 1. The second kappa shape index (κ2) is 8.76. The van der Waals surface area contributed by atoms with E-state index in [1.54, 1.807) is 17.8 Å². The highest BCUT2D eigenvalue weighted by atomic mass is 32.2. The minimum atomic E-state index is -0.410. The summed E-state index contributed by atoms with van der Waals surface area (Å²) < 4.78 is 8.45. The summed E-state index contributed by atoms with van der Waals surface area (Å²) in [6, 6.07) is 9.92. The number of nitrogens with one attached hydrogen (secondary N) is 1. The van der Waals surface area contributed by atoms with E-state index in [9.17, 15) is 4.79 Å². The van der Waals surface area contributed by atoms with E-state index in [1.165, 1.54) is 16.8 Å². The number of thioether (sulfide) groups is 2. The maximum Gasteiger partial charge on any atom is 0.283 e. The van der Waals surface area contributed by atoms with Crippen LogP contribution >= 0.6 is 23.5 Å². The van der Waals surface area contributed by atoms with Gasteiger partial charge >= 0.3 is 0 Å². The van der Waals surface area contributed by atoms with Crippen molar-refractivity contribution in [2.75, 3.05) is 12.4 Å². The lowest BCUT2D eigenvalue weighted by Crippen LogP contribution is -2.35. The van der Waals surface area contributed by atoms with Crippen molar-refractivity contribution >= 4 is 50.9 Å². The molecule has 7 nitrogen and oxygen atoms in total. The van der Waals surface area contributed by atoms with Crippen molar-refractivity contribution in [1.29, 1.82) is 5.41 Å². The number of ether oxygens (including phenoxy) is 1. The number of hydrazone groups is 1. The standard InChI is InChI=1S/C22H23N5O2S2/c1-5-29-17-9-7-16(8-10-17)26-13(3)11-15(14(26)4)12-18-19(23)27-21(24-20(18)28)31-22(25-27)30-6-2/h7-12,23H,5-6H2,1-4H3/b18-12-,23-19?. The molecule has 0 saturated carbocycles. The summed E-state index contributed by atoms with van der Waals surface area (Å²) in [6.45, 7) is 8.64. The summed E-state index contributed by atoms with van der Waals surface area (Å²) in [6.07, 6.45) is 1.74. The maximum absolute atomic E-state index is 12.7. The van der Waals surface area contributed by atoms with Crippen LogP contribution in [0.1, 0.15) is 30.8 Å². The molecule has 0 bridgehead atoms. The van der Waals surface area contributed by atoms with E-state index in [4.69, 9.17) is 10.1 Å². The number of nitrogens with zero attached hydrogens (tertiary/aromatic N) is 4. The highest BCUT2D eigenvalue weighted by Gasteiger charge is 2.35. The van der Waals surface area contributed by atoms with Crippen molar-refractivity contribution in [2.24, 2.45) is 10.1 Å². The number of amides is 1. The fourth-order valence-electron chi connectivity index (χ4n) is 3.50. The number of aryl methyl sites for hydroxylation is 1. The summed E-state index contributed by atoms with van der Waals surface area (Å²) in [7, 11) is 0. The lowest BCUT2D eigenvalue weighted by Gasteiger charge is -2.20. The van der Waals surface area contributed by atoms with E-state index in [0.29, 0.717) is 11.8 Å². The molecular weight excluding hydrogens is 430 g/mol. The van der Waals surface area contributed by atoms with Gasteiger partial charge in [0, 0.05) is 17.1 Å². The second-order valence-corrected chi connectivity index (χ2v) is 9.37. The molecule has 4 rings (SSSR count). The van der Waals surface area contributed by atoms with Gasteiger partial charge in [-0.15, -0.1) is 5.10 Å². The monoisotopic (exact) mass is 453 g/mol. The van der Waals surface area contributed by atoms with Crippen LogP contribution in [0.15, 0.2) is 46.0 Å². The van der Waals surface area contributed by atoms with Crippen LogP contribution in [0.2, 0.25) is 0 Å². The van der Waals surface area contributed by atoms with Gasteiger partial charge in [-0.05, 0) is 80.3 Å². The summed E-state index contributed by atoms with van der Waals surface area (Å²) >= 11 is 2.91. The average Bonchev–Trinajstić information content (AvgIpc) is 3.26. The van der Waals surface area contributed by atoms with Crippen molar-refractivity contribution < 1.29 is 9.53 Å². The first-order valence-corrected chi connectivity index (χ1v) is 11.8. The first kappa shape index (κ1) is 21.5. The zero-order valence-corrected chi connectivity index (χ0v) is 19.4. The van der Waals surface area contributed by atoms with Crippen LogP contribution in [0.4, 0.5) is 0 Å². The van der Waals surface area contributed by atoms with Gasteiger partial charge in [0.1, 0.15) is 5.75 Å². The first-order chi connectivity index (χ1) is 14.9. The largest absolute Gasteiger partial charge is 0.494 e. The van der Waals surface area contributed by atoms with E-state index in [-0.39, 0.29) is 11.4 Å². The van der Waals surface area contributed by atoms with Gasteiger partial charge in [-0.3, -0.25) is 10.2 Å². The van der Waals surface area contributed by atoms with Gasteiger partial charge < -0.3 is 9.30 Å². The van der Waals surface area contributed by atoms with Gasteiger partial charge in [0.15, 0.2) is 10.2 Å². The van der Waals surface area contributed by atoms with E-state index in [0.717, 1.165) is 38.5 Å². The van der Waals surface area contributed by atoms with Crippen LogP contribution < -0.4 is 4.74 Å². The predicted molar refractivity (Wildman–Crippen MR) is 130 cm³/mol. The van der Waals surface area contributed by atoms with E-state index >= 15 is 0 Å². The van der Waals surface area contributed by atoms with Gasteiger partial charge in [0.2, 0.25) is 5.17 Å². The highest BCUT2D eigenvalue weighted by Crippen LogP contribution is 2.33. The van der Waals surface area contributed by atoms with Crippen molar-refractivity contribution in [3.8, 4) is 11.4 Å². The van der Waals surface area contributed by atoms with Crippen LogP contribution in [0, 0.1) is 19.3 Å². The van der Waals surface area contributed by atoms with Crippen LogP contribution in [0.25, 0.3) is 11.8 Å². The molecule has 2 aromatic rings. The number of carbonyl (C=O) groups excluding carboxylic acids is 1.